The Morgan fingerprint density at radius 1 is 1.28 bits per heavy atom. The van der Waals surface area contributed by atoms with Crippen LogP contribution in [0, 0.1) is 6.92 Å². The number of aromatic hydroxyl groups is 1. The monoisotopic (exact) mass is 546 g/mol. The zero-order valence-electron chi connectivity index (χ0n) is 22.5. The molecule has 6 atom stereocenters. The van der Waals surface area contributed by atoms with E-state index in [-0.39, 0.29) is 29.7 Å². The fraction of sp³-hybridized carbons (Fsp3) is 0.556. The molecule has 2 heterocycles. The van der Waals surface area contributed by atoms with Gasteiger partial charge in [0.2, 0.25) is 0 Å². The first-order valence-electron chi connectivity index (χ1n) is 12.8. The summed E-state index contributed by atoms with van der Waals surface area (Å²) in [5.41, 5.74) is -0.897. The van der Waals surface area contributed by atoms with Crippen molar-refractivity contribution in [3.05, 3.63) is 35.1 Å². The highest BCUT2D eigenvalue weighted by Gasteiger charge is 2.69. The van der Waals surface area contributed by atoms with E-state index < -0.39 is 59.5 Å². The van der Waals surface area contributed by atoms with Gasteiger partial charge < -0.3 is 39.7 Å². The number of carbonyl (C=O) groups excluding carboxylic acids is 3. The first-order chi connectivity index (χ1) is 18.2. The molecule has 4 rings (SSSR count). The van der Waals surface area contributed by atoms with E-state index >= 15 is 0 Å². The molecule has 12 heteroatoms. The molecule has 2 aliphatic heterocycles. The summed E-state index contributed by atoms with van der Waals surface area (Å²) >= 11 is 0. The van der Waals surface area contributed by atoms with Crippen molar-refractivity contribution >= 4 is 23.8 Å². The number of nitrogens with zero attached hydrogens (tertiary/aromatic N) is 1. The number of piperidine rings is 1. The Kier molecular flexibility index (Phi) is 7.39. The van der Waals surface area contributed by atoms with Crippen LogP contribution in [0.4, 0.5) is 0 Å². The number of hydrogen-bond donors (Lipinski definition) is 4. The van der Waals surface area contributed by atoms with Crippen molar-refractivity contribution in [1.29, 1.82) is 0 Å². The minimum atomic E-state index is -1.64. The molecule has 0 aromatic heterocycles. The van der Waals surface area contributed by atoms with Gasteiger partial charge in [0.15, 0.2) is 23.7 Å². The molecule has 0 unspecified atom stereocenters. The Morgan fingerprint density at radius 3 is 2.62 bits per heavy atom. The number of benzene rings is 1. The van der Waals surface area contributed by atoms with Gasteiger partial charge in [-0.1, -0.05) is 6.07 Å². The van der Waals surface area contributed by atoms with Crippen LogP contribution in [0.5, 0.6) is 11.5 Å². The van der Waals surface area contributed by atoms with Crippen LogP contribution in [-0.2, 0) is 34.1 Å². The quantitative estimate of drug-likeness (QED) is 0.358. The van der Waals surface area contributed by atoms with Crippen molar-refractivity contribution in [2.45, 2.75) is 82.3 Å². The fourth-order valence-electron chi connectivity index (χ4n) is 6.14. The first-order valence-corrected chi connectivity index (χ1v) is 12.8. The lowest BCUT2D eigenvalue weighted by molar-refractivity contribution is -0.163. The lowest BCUT2D eigenvalue weighted by Gasteiger charge is -2.58. The van der Waals surface area contributed by atoms with Crippen LogP contribution < -0.4 is 10.1 Å². The Bertz CT molecular complexity index is 1250. The second kappa shape index (κ2) is 10.2. The average Bonchev–Trinajstić information content (AvgIpc) is 3.23. The number of likely N-dealkylation sites (tertiary alicyclic amines) is 1. The van der Waals surface area contributed by atoms with Gasteiger partial charge in [-0.3, -0.25) is 14.4 Å². The maximum Gasteiger partial charge on any atom is 0.326 e. The molecule has 3 aliphatic rings. The molecule has 0 saturated carbocycles. The standard InChI is InChI=1S/C27H34N2O10/c1-13-6-7-18(31)22-21(13)26-10-11-29(5)15(3)27(26,36)9-8-19(23(26)39-22)38-20(32)12-17(25(34)35)28-24(33)14(2)37-16(4)30/h6-8,14-15,17,23,31,36H,9-12H2,1-5H3,(H,28,33)(H,34,35)/t14-,15+,17-,23-,26-,27+/m0/s1. The number of amides is 1. The van der Waals surface area contributed by atoms with Crippen LogP contribution in [-0.4, -0.2) is 87.5 Å². The zero-order chi connectivity index (χ0) is 28.9. The fourth-order valence-corrected chi connectivity index (χ4v) is 6.14. The van der Waals surface area contributed by atoms with Crippen molar-refractivity contribution < 1.29 is 48.7 Å². The van der Waals surface area contributed by atoms with Gasteiger partial charge in [-0.25, -0.2) is 4.79 Å². The Morgan fingerprint density at radius 2 is 1.97 bits per heavy atom. The van der Waals surface area contributed by atoms with E-state index in [1.54, 1.807) is 12.1 Å². The molecule has 1 aromatic carbocycles. The SMILES string of the molecule is CC(=O)O[C@@H](C)C(=O)N[C@@H](CC(=O)OC1=CC[C@@]2(O)[C@@H](C)N(C)CC[C@@]23c2c(C)ccc(O)c2O[C@@H]13)C(=O)O. The first kappa shape index (κ1) is 28.4. The lowest BCUT2D eigenvalue weighted by Crippen LogP contribution is -2.71. The number of aliphatic carboxylic acids is 1. The summed E-state index contributed by atoms with van der Waals surface area (Å²) in [6, 6.07) is 1.31. The molecular weight excluding hydrogens is 512 g/mol. The lowest BCUT2D eigenvalue weighted by atomic mass is 9.54. The summed E-state index contributed by atoms with van der Waals surface area (Å²) in [5, 5.41) is 34.6. The van der Waals surface area contributed by atoms with Crippen molar-refractivity contribution in [2.24, 2.45) is 0 Å². The molecule has 0 radical (unpaired) electrons. The molecule has 1 fully saturated rings. The number of hydrogen-bond acceptors (Lipinski definition) is 10. The smallest absolute Gasteiger partial charge is 0.326 e. The summed E-state index contributed by atoms with van der Waals surface area (Å²) in [6.07, 6.45) is -0.804. The number of aliphatic hydroxyl groups is 1. The number of rotatable bonds is 7. The number of carboxylic acid groups (broad SMARTS) is 1. The van der Waals surface area contributed by atoms with E-state index in [1.165, 1.54) is 13.0 Å². The van der Waals surface area contributed by atoms with E-state index in [1.807, 2.05) is 25.8 Å². The molecule has 0 bridgehead atoms. The number of carbonyl (C=O) groups is 4. The molecule has 1 aromatic rings. The van der Waals surface area contributed by atoms with Crippen LogP contribution in [0.1, 0.15) is 51.2 Å². The predicted molar refractivity (Wildman–Crippen MR) is 135 cm³/mol. The summed E-state index contributed by atoms with van der Waals surface area (Å²) in [4.78, 5) is 50.2. The highest BCUT2D eigenvalue weighted by molar-refractivity contribution is 5.89. The molecule has 1 aliphatic carbocycles. The van der Waals surface area contributed by atoms with Gasteiger partial charge in [0, 0.05) is 24.9 Å². The van der Waals surface area contributed by atoms with Gasteiger partial charge in [0.25, 0.3) is 5.91 Å². The molecule has 1 amide bonds. The van der Waals surface area contributed by atoms with Gasteiger partial charge >= 0.3 is 17.9 Å². The van der Waals surface area contributed by atoms with Crippen LogP contribution in [0.2, 0.25) is 0 Å². The number of phenolic OH excluding ortho intramolecular Hbond substituents is 1. The number of likely N-dealkylation sites (N-methyl/N-ethyl adjacent to an activating group) is 1. The number of fused-ring (bicyclic) bond motifs is 1. The second-order valence-electron chi connectivity index (χ2n) is 10.5. The second-order valence-corrected chi connectivity index (χ2v) is 10.5. The van der Waals surface area contributed by atoms with Crippen LogP contribution in [0.15, 0.2) is 24.0 Å². The van der Waals surface area contributed by atoms with Crippen molar-refractivity contribution in [3.8, 4) is 11.5 Å². The molecule has 4 N–H and O–H groups in total. The number of nitrogens with one attached hydrogen (secondary N) is 1. The van der Waals surface area contributed by atoms with Gasteiger partial charge in [-0.05, 0) is 58.5 Å². The Hall–Kier alpha value is -3.64. The third-order valence-corrected chi connectivity index (χ3v) is 8.26. The van der Waals surface area contributed by atoms with E-state index in [0.717, 1.165) is 12.5 Å². The van der Waals surface area contributed by atoms with Crippen LogP contribution in [0.25, 0.3) is 0 Å². The molecule has 1 saturated heterocycles. The van der Waals surface area contributed by atoms with Crippen LogP contribution >= 0.6 is 0 Å². The third kappa shape index (κ3) is 4.61. The van der Waals surface area contributed by atoms with Crippen molar-refractivity contribution in [1.82, 2.24) is 10.2 Å². The maximum absolute atomic E-state index is 13.0. The maximum atomic E-state index is 13.0. The Balaban J connectivity index is 1.62. The van der Waals surface area contributed by atoms with Crippen molar-refractivity contribution in [2.75, 3.05) is 13.6 Å². The minimum Gasteiger partial charge on any atom is -0.504 e. The number of phenols is 1. The minimum absolute atomic E-state index is 0.0974. The summed E-state index contributed by atoms with van der Waals surface area (Å²) in [5.74, 6) is -3.82. The van der Waals surface area contributed by atoms with Crippen LogP contribution in [0.3, 0.4) is 0 Å². The number of carboxylic acids is 1. The van der Waals surface area contributed by atoms with E-state index in [0.29, 0.717) is 18.5 Å². The largest absolute Gasteiger partial charge is 0.504 e. The topological polar surface area (TPSA) is 172 Å². The van der Waals surface area contributed by atoms with Gasteiger partial charge in [0.05, 0.1) is 17.4 Å². The summed E-state index contributed by atoms with van der Waals surface area (Å²) in [6.45, 7) is 6.76. The molecule has 39 heavy (non-hydrogen) atoms. The number of esters is 2. The van der Waals surface area contributed by atoms with E-state index in [9.17, 15) is 34.5 Å². The summed E-state index contributed by atoms with van der Waals surface area (Å²) < 4.78 is 16.6. The normalized spacial score (nSPS) is 28.9. The molecule has 212 valence electrons. The highest BCUT2D eigenvalue weighted by Crippen LogP contribution is 2.62. The zero-order valence-corrected chi connectivity index (χ0v) is 22.5. The number of ether oxygens (including phenoxy) is 3. The molecule has 1 spiro atoms. The van der Waals surface area contributed by atoms with Gasteiger partial charge in [0.1, 0.15) is 11.8 Å². The highest BCUT2D eigenvalue weighted by atomic mass is 16.6. The van der Waals surface area contributed by atoms with E-state index in [2.05, 4.69) is 5.32 Å². The third-order valence-electron chi connectivity index (χ3n) is 8.26. The molecule has 12 nitrogen and oxygen atoms in total. The number of aryl methyl sites for hydroxylation is 1. The van der Waals surface area contributed by atoms with Gasteiger partial charge in [-0.15, -0.1) is 0 Å². The molecular formula is C27H34N2O10. The average molecular weight is 547 g/mol. The predicted octanol–water partition coefficient (Wildman–Crippen LogP) is 0.896. The van der Waals surface area contributed by atoms with Crippen molar-refractivity contribution in [3.63, 3.8) is 0 Å². The van der Waals surface area contributed by atoms with E-state index in [4.69, 9.17) is 14.2 Å². The summed E-state index contributed by atoms with van der Waals surface area (Å²) in [7, 11) is 1.92. The Labute approximate surface area is 225 Å². The van der Waals surface area contributed by atoms with Gasteiger partial charge in [-0.2, -0.15) is 0 Å².